The summed E-state index contributed by atoms with van der Waals surface area (Å²) >= 11 is 6.87. The molecule has 0 saturated heterocycles. The van der Waals surface area contributed by atoms with E-state index in [0.717, 1.165) is 6.42 Å². The number of nitrogens with zero attached hydrogens (tertiary/aromatic N) is 1. The number of carbonyl (C=O) groups is 4. The molecule has 7 nitrogen and oxygen atoms in total. The van der Waals surface area contributed by atoms with E-state index in [-0.39, 0.29) is 46.9 Å². The van der Waals surface area contributed by atoms with E-state index in [4.69, 9.17) is 16.3 Å². The lowest BCUT2D eigenvalue weighted by Crippen LogP contribution is -2.39. The van der Waals surface area contributed by atoms with Gasteiger partial charge in [0, 0.05) is 22.4 Å². The van der Waals surface area contributed by atoms with Crippen LogP contribution < -0.4 is 4.90 Å². The molecule has 1 heterocycles. The number of rotatable bonds is 9. The molecule has 1 aromatic rings. The Balaban J connectivity index is 2.49. The highest BCUT2D eigenvalue weighted by atomic mass is 35.5. The van der Waals surface area contributed by atoms with Crippen molar-refractivity contribution in [3.05, 3.63) is 26.2 Å². The third-order valence-electron chi connectivity index (χ3n) is 5.07. The Hall–Kier alpha value is -2.26. The molecule has 0 radical (unpaired) electrons. The van der Waals surface area contributed by atoms with Gasteiger partial charge in [0.2, 0.25) is 11.0 Å². The lowest BCUT2D eigenvalue weighted by molar-refractivity contribution is -0.140. The first-order valence-corrected chi connectivity index (χ1v) is 11.8. The number of unbranched alkanes of at least 4 members (excludes halogenated alkanes) is 1. The summed E-state index contributed by atoms with van der Waals surface area (Å²) in [6, 6.07) is 0. The summed E-state index contributed by atoms with van der Waals surface area (Å²) in [6.07, 6.45) is 3.12. The van der Waals surface area contributed by atoms with Gasteiger partial charge in [-0.25, -0.2) is 9.69 Å². The summed E-state index contributed by atoms with van der Waals surface area (Å²) in [5, 5.41) is -1.07. The van der Waals surface area contributed by atoms with Crippen molar-refractivity contribution in [2.75, 3.05) is 18.6 Å². The zero-order valence-corrected chi connectivity index (χ0v) is 20.0. The first-order valence-electron chi connectivity index (χ1n) is 10.6. The van der Waals surface area contributed by atoms with Crippen LogP contribution in [-0.4, -0.2) is 37.5 Å². The fraction of sp³-hybridized carbons (Fsp3) is 0.545. The zero-order chi connectivity index (χ0) is 23.8. The Morgan fingerprint density at radius 3 is 2.38 bits per heavy atom. The number of hydrogen-bond donors (Lipinski definition) is 0. The summed E-state index contributed by atoms with van der Waals surface area (Å²) in [7, 11) is 1.19. The topological polar surface area (TPSA) is 90.0 Å². The number of thiophene rings is 1. The van der Waals surface area contributed by atoms with Crippen LogP contribution in [0.3, 0.4) is 0 Å². The predicted molar refractivity (Wildman–Crippen MR) is 119 cm³/mol. The number of anilines is 1. The first-order chi connectivity index (χ1) is 15.3. The standard InChI is InChI=1S/C22H27ClFNO6S/c1-4-6-11-31-22(29)14-10-8-7-9-13(14)21(28)25(16(26)5-2)19-18(23)15(32-20(19)24)12-17(27)30-3/h4-12H2,1-3H3. The molecular weight excluding hydrogens is 461 g/mol. The Labute approximate surface area is 195 Å². The molecule has 0 atom stereocenters. The fourth-order valence-corrected chi connectivity index (χ4v) is 4.61. The second-order valence-corrected chi connectivity index (χ2v) is 8.69. The van der Waals surface area contributed by atoms with Crippen molar-refractivity contribution in [3.8, 4) is 0 Å². The summed E-state index contributed by atoms with van der Waals surface area (Å²) in [6.45, 7) is 3.73. The Morgan fingerprint density at radius 1 is 1.12 bits per heavy atom. The van der Waals surface area contributed by atoms with Crippen LogP contribution >= 0.6 is 22.9 Å². The van der Waals surface area contributed by atoms with Crippen LogP contribution in [0.25, 0.3) is 0 Å². The molecule has 1 aromatic heterocycles. The minimum absolute atomic E-state index is 0.0900. The first kappa shape index (κ1) is 26.0. The SMILES string of the molecule is CCCCOC(=O)C1=C(C(=O)N(C(=O)CC)c2c(F)sc(CC(=O)OC)c2Cl)CCCC1. The highest BCUT2D eigenvalue weighted by molar-refractivity contribution is 7.11. The van der Waals surface area contributed by atoms with Crippen LogP contribution in [0, 0.1) is 5.13 Å². The normalized spacial score (nSPS) is 13.7. The van der Waals surface area contributed by atoms with E-state index in [1.807, 2.05) is 6.92 Å². The van der Waals surface area contributed by atoms with E-state index in [1.165, 1.54) is 14.0 Å². The molecule has 0 aromatic carbocycles. The molecule has 0 aliphatic heterocycles. The van der Waals surface area contributed by atoms with Gasteiger partial charge in [-0.1, -0.05) is 31.9 Å². The Kier molecular flexibility index (Phi) is 9.84. The molecule has 0 spiro atoms. The molecule has 0 bridgehead atoms. The van der Waals surface area contributed by atoms with Crippen LogP contribution in [0.5, 0.6) is 0 Å². The van der Waals surface area contributed by atoms with Gasteiger partial charge in [0.1, 0.15) is 5.69 Å². The summed E-state index contributed by atoms with van der Waals surface area (Å²) in [5.41, 5.74) is -0.0484. The van der Waals surface area contributed by atoms with Crippen LogP contribution in [0.4, 0.5) is 10.1 Å². The van der Waals surface area contributed by atoms with Gasteiger partial charge >= 0.3 is 11.9 Å². The molecule has 1 aliphatic carbocycles. The van der Waals surface area contributed by atoms with Gasteiger partial charge in [0.15, 0.2) is 0 Å². The van der Waals surface area contributed by atoms with Crippen LogP contribution in [0.15, 0.2) is 11.1 Å². The van der Waals surface area contributed by atoms with Gasteiger partial charge in [-0.2, -0.15) is 4.39 Å². The van der Waals surface area contributed by atoms with Gasteiger partial charge < -0.3 is 9.47 Å². The summed E-state index contributed by atoms with van der Waals surface area (Å²) in [4.78, 5) is 51.2. The lowest BCUT2D eigenvalue weighted by Gasteiger charge is -2.25. The van der Waals surface area contributed by atoms with Gasteiger partial charge in [-0.3, -0.25) is 14.4 Å². The molecule has 176 valence electrons. The fourth-order valence-electron chi connectivity index (χ4n) is 3.32. The number of methoxy groups -OCH3 is 1. The van der Waals surface area contributed by atoms with Crippen LogP contribution in [0.1, 0.15) is 63.7 Å². The number of amides is 2. The van der Waals surface area contributed by atoms with Crippen molar-refractivity contribution in [1.82, 2.24) is 0 Å². The van der Waals surface area contributed by atoms with Crippen molar-refractivity contribution in [1.29, 1.82) is 0 Å². The third-order valence-corrected chi connectivity index (χ3v) is 6.55. The lowest BCUT2D eigenvalue weighted by atomic mass is 9.90. The number of esters is 2. The second kappa shape index (κ2) is 12.1. The number of imide groups is 1. The van der Waals surface area contributed by atoms with E-state index in [9.17, 15) is 23.6 Å². The molecule has 2 rings (SSSR count). The molecule has 0 unspecified atom stereocenters. The maximum Gasteiger partial charge on any atom is 0.334 e. The molecule has 0 saturated carbocycles. The van der Waals surface area contributed by atoms with E-state index in [0.29, 0.717) is 41.9 Å². The second-order valence-electron chi connectivity index (χ2n) is 7.26. The van der Waals surface area contributed by atoms with E-state index in [1.54, 1.807) is 0 Å². The minimum atomic E-state index is -0.868. The molecular formula is C22H27ClFNO6S. The van der Waals surface area contributed by atoms with Crippen LogP contribution in [0.2, 0.25) is 5.02 Å². The largest absolute Gasteiger partial charge is 0.469 e. The summed E-state index contributed by atoms with van der Waals surface area (Å²) < 4.78 is 24.8. The highest BCUT2D eigenvalue weighted by Crippen LogP contribution is 2.41. The Bertz CT molecular complexity index is 926. The molecule has 2 amide bonds. The van der Waals surface area contributed by atoms with Gasteiger partial charge in [-0.05, 0) is 32.1 Å². The maximum atomic E-state index is 14.9. The number of hydrogen-bond acceptors (Lipinski definition) is 7. The molecule has 0 N–H and O–H groups in total. The number of halogens is 2. The molecule has 0 fully saturated rings. The molecule has 1 aliphatic rings. The van der Waals surface area contributed by atoms with Crippen molar-refractivity contribution in [2.24, 2.45) is 0 Å². The molecule has 10 heteroatoms. The zero-order valence-electron chi connectivity index (χ0n) is 18.4. The third kappa shape index (κ3) is 5.95. The average Bonchev–Trinajstić information content (AvgIpc) is 3.06. The summed E-state index contributed by atoms with van der Waals surface area (Å²) in [5.74, 6) is -2.68. The Morgan fingerprint density at radius 2 is 1.78 bits per heavy atom. The van der Waals surface area contributed by atoms with Gasteiger partial charge in [-0.15, -0.1) is 11.3 Å². The highest BCUT2D eigenvalue weighted by Gasteiger charge is 2.35. The van der Waals surface area contributed by atoms with E-state index >= 15 is 0 Å². The van der Waals surface area contributed by atoms with Crippen molar-refractivity contribution < 1.29 is 33.0 Å². The maximum absolute atomic E-state index is 14.9. The van der Waals surface area contributed by atoms with Crippen LogP contribution in [-0.2, 0) is 35.1 Å². The monoisotopic (exact) mass is 487 g/mol. The minimum Gasteiger partial charge on any atom is -0.469 e. The van der Waals surface area contributed by atoms with Gasteiger partial charge in [0.25, 0.3) is 5.91 Å². The smallest absolute Gasteiger partial charge is 0.334 e. The quantitative estimate of drug-likeness (QED) is 0.369. The van der Waals surface area contributed by atoms with E-state index < -0.39 is 34.6 Å². The average molecular weight is 488 g/mol. The van der Waals surface area contributed by atoms with Gasteiger partial charge in [0.05, 0.1) is 25.2 Å². The van der Waals surface area contributed by atoms with Crippen molar-refractivity contribution in [2.45, 2.75) is 65.2 Å². The number of carbonyl (C=O) groups excluding carboxylic acids is 4. The number of ether oxygens (including phenoxy) is 2. The predicted octanol–water partition coefficient (Wildman–Crippen LogP) is 4.74. The van der Waals surface area contributed by atoms with Crippen molar-refractivity contribution >= 4 is 52.4 Å². The van der Waals surface area contributed by atoms with Crippen molar-refractivity contribution in [3.63, 3.8) is 0 Å². The van der Waals surface area contributed by atoms with E-state index in [2.05, 4.69) is 4.74 Å². The molecule has 32 heavy (non-hydrogen) atoms.